The normalized spacial score (nSPS) is 10.4. The number of anilines is 1. The second kappa shape index (κ2) is 6.60. The van der Waals surface area contributed by atoms with Gasteiger partial charge in [-0.25, -0.2) is 0 Å². The monoisotopic (exact) mass is 479 g/mol. The molecule has 0 atom stereocenters. The van der Waals surface area contributed by atoms with Crippen molar-refractivity contribution in [1.82, 2.24) is 0 Å². The Labute approximate surface area is 147 Å². The van der Waals surface area contributed by atoms with Crippen molar-refractivity contribution >= 4 is 71.0 Å². The summed E-state index contributed by atoms with van der Waals surface area (Å²) in [7, 11) is 0. The number of carbonyl (C=O) groups is 1. The summed E-state index contributed by atoms with van der Waals surface area (Å²) in [4.78, 5) is 12.3. The Morgan fingerprint density at radius 3 is 2.30 bits per heavy atom. The van der Waals surface area contributed by atoms with Crippen molar-refractivity contribution in [1.29, 1.82) is 0 Å². The summed E-state index contributed by atoms with van der Waals surface area (Å²) in [6.07, 6.45) is 0. The van der Waals surface area contributed by atoms with Crippen molar-refractivity contribution in [2.24, 2.45) is 0 Å². The van der Waals surface area contributed by atoms with E-state index in [9.17, 15) is 4.79 Å². The van der Waals surface area contributed by atoms with E-state index in [1.165, 1.54) is 0 Å². The molecule has 0 spiro atoms. The van der Waals surface area contributed by atoms with Gasteiger partial charge in [-0.05, 0) is 74.7 Å². The molecule has 1 N–H and O–H groups in total. The third-order valence-corrected chi connectivity index (χ3v) is 4.67. The highest BCUT2D eigenvalue weighted by Gasteiger charge is 2.14. The zero-order valence-corrected chi connectivity index (χ0v) is 15.8. The minimum atomic E-state index is -0.262. The number of nitrogens with one attached hydrogen (secondary N) is 1. The molecular weight excluding hydrogens is 473 g/mol. The lowest BCUT2D eigenvalue weighted by atomic mass is 10.2. The van der Waals surface area contributed by atoms with Crippen LogP contribution in [0, 0.1) is 6.92 Å². The van der Waals surface area contributed by atoms with E-state index >= 15 is 0 Å². The first-order valence-electron chi connectivity index (χ1n) is 5.60. The lowest BCUT2D eigenvalue weighted by Gasteiger charge is -2.12. The SMILES string of the molecule is Cc1cc(Br)c(NC(=O)c2cc(Br)ccc2Cl)c(Br)c1. The molecule has 2 aromatic carbocycles. The molecule has 2 aromatic rings. The first-order valence-corrected chi connectivity index (χ1v) is 8.36. The summed E-state index contributed by atoms with van der Waals surface area (Å²) in [6, 6.07) is 9.02. The third-order valence-electron chi connectivity index (χ3n) is 2.60. The highest BCUT2D eigenvalue weighted by Crippen LogP contribution is 2.33. The van der Waals surface area contributed by atoms with Gasteiger partial charge in [0.15, 0.2) is 0 Å². The number of benzene rings is 2. The van der Waals surface area contributed by atoms with Gasteiger partial charge in [0.1, 0.15) is 0 Å². The molecule has 2 nitrogen and oxygen atoms in total. The molecule has 0 fully saturated rings. The fourth-order valence-electron chi connectivity index (χ4n) is 1.67. The third kappa shape index (κ3) is 3.64. The number of amides is 1. The van der Waals surface area contributed by atoms with Crippen molar-refractivity contribution < 1.29 is 4.79 Å². The molecule has 0 heterocycles. The Kier molecular flexibility index (Phi) is 5.29. The Hall–Kier alpha value is -0.360. The van der Waals surface area contributed by atoms with Crippen LogP contribution in [0.25, 0.3) is 0 Å². The number of rotatable bonds is 2. The molecule has 1 amide bonds. The largest absolute Gasteiger partial charge is 0.320 e. The summed E-state index contributed by atoms with van der Waals surface area (Å²) in [5.74, 6) is -0.262. The number of hydrogen-bond acceptors (Lipinski definition) is 1. The highest BCUT2D eigenvalue weighted by atomic mass is 79.9. The van der Waals surface area contributed by atoms with E-state index in [1.807, 2.05) is 19.1 Å². The Morgan fingerprint density at radius 2 is 1.70 bits per heavy atom. The van der Waals surface area contributed by atoms with Crippen LogP contribution in [-0.4, -0.2) is 5.91 Å². The average molecular weight is 482 g/mol. The maximum atomic E-state index is 12.3. The number of aryl methyl sites for hydroxylation is 1. The van der Waals surface area contributed by atoms with Crippen LogP contribution < -0.4 is 5.32 Å². The van der Waals surface area contributed by atoms with Crippen LogP contribution in [0.15, 0.2) is 43.7 Å². The Morgan fingerprint density at radius 1 is 1.10 bits per heavy atom. The predicted octanol–water partition coefficient (Wildman–Crippen LogP) is 6.19. The van der Waals surface area contributed by atoms with Gasteiger partial charge in [-0.1, -0.05) is 27.5 Å². The van der Waals surface area contributed by atoms with Gasteiger partial charge < -0.3 is 5.32 Å². The quantitative estimate of drug-likeness (QED) is 0.544. The molecule has 0 bridgehead atoms. The van der Waals surface area contributed by atoms with Crippen molar-refractivity contribution in [2.45, 2.75) is 6.92 Å². The summed E-state index contributed by atoms with van der Waals surface area (Å²) in [5.41, 5.74) is 2.18. The van der Waals surface area contributed by atoms with Gasteiger partial charge in [-0.3, -0.25) is 4.79 Å². The minimum absolute atomic E-state index is 0.262. The highest BCUT2D eigenvalue weighted by molar-refractivity contribution is 9.11. The van der Waals surface area contributed by atoms with Crippen molar-refractivity contribution in [3.63, 3.8) is 0 Å². The first kappa shape index (κ1) is 16.0. The van der Waals surface area contributed by atoms with E-state index in [1.54, 1.807) is 18.2 Å². The van der Waals surface area contributed by atoms with Gasteiger partial charge in [0, 0.05) is 13.4 Å². The van der Waals surface area contributed by atoms with Crippen LogP contribution in [0.1, 0.15) is 15.9 Å². The predicted molar refractivity (Wildman–Crippen MR) is 93.7 cm³/mol. The number of carbonyl (C=O) groups excluding carboxylic acids is 1. The van der Waals surface area contributed by atoms with E-state index in [0.717, 1.165) is 19.0 Å². The van der Waals surface area contributed by atoms with Crippen LogP contribution in [0.4, 0.5) is 5.69 Å². The zero-order valence-electron chi connectivity index (χ0n) is 10.3. The second-order valence-electron chi connectivity index (χ2n) is 4.18. The maximum Gasteiger partial charge on any atom is 0.257 e. The van der Waals surface area contributed by atoms with Gasteiger partial charge in [-0.2, -0.15) is 0 Å². The standard InChI is InChI=1S/C14H9Br3ClNO/c1-7-4-10(16)13(11(17)5-7)19-14(20)9-6-8(15)2-3-12(9)18/h2-6H,1H3,(H,19,20). The van der Waals surface area contributed by atoms with Crippen LogP contribution >= 0.6 is 59.4 Å². The second-order valence-corrected chi connectivity index (χ2v) is 7.21. The van der Waals surface area contributed by atoms with Gasteiger partial charge in [0.25, 0.3) is 5.91 Å². The van der Waals surface area contributed by atoms with Crippen molar-refractivity contribution in [3.05, 3.63) is 59.9 Å². The molecule has 2 rings (SSSR count). The van der Waals surface area contributed by atoms with Crippen LogP contribution in [0.3, 0.4) is 0 Å². The minimum Gasteiger partial charge on any atom is -0.320 e. The summed E-state index contributed by atoms with van der Waals surface area (Å²) < 4.78 is 2.42. The molecular formula is C14H9Br3ClNO. The molecule has 6 heteroatoms. The van der Waals surface area contributed by atoms with E-state index in [4.69, 9.17) is 11.6 Å². The molecule has 0 aromatic heterocycles. The van der Waals surface area contributed by atoms with E-state index in [-0.39, 0.29) is 5.91 Å². The lowest BCUT2D eigenvalue weighted by molar-refractivity contribution is 0.102. The maximum absolute atomic E-state index is 12.3. The fraction of sp³-hybridized carbons (Fsp3) is 0.0714. The van der Waals surface area contributed by atoms with Gasteiger partial charge in [-0.15, -0.1) is 0 Å². The van der Waals surface area contributed by atoms with Crippen LogP contribution in [-0.2, 0) is 0 Å². The topological polar surface area (TPSA) is 29.1 Å². The van der Waals surface area contributed by atoms with Crippen LogP contribution in [0.5, 0.6) is 0 Å². The van der Waals surface area contributed by atoms with E-state index in [0.29, 0.717) is 16.3 Å². The van der Waals surface area contributed by atoms with Crippen molar-refractivity contribution in [2.75, 3.05) is 5.32 Å². The molecule has 0 aliphatic rings. The molecule has 0 aliphatic carbocycles. The first-order chi connectivity index (χ1) is 9.38. The zero-order chi connectivity index (χ0) is 14.9. The summed E-state index contributed by atoms with van der Waals surface area (Å²) >= 11 is 16.3. The molecule has 0 saturated heterocycles. The van der Waals surface area contributed by atoms with E-state index in [2.05, 4.69) is 53.1 Å². The Bertz CT molecular complexity index is 665. The number of hydrogen-bond donors (Lipinski definition) is 1. The average Bonchev–Trinajstić information content (AvgIpc) is 2.36. The fourth-order valence-corrected chi connectivity index (χ4v) is 3.85. The molecule has 104 valence electrons. The lowest BCUT2D eigenvalue weighted by Crippen LogP contribution is -2.13. The number of halogens is 4. The van der Waals surface area contributed by atoms with Gasteiger partial charge in [0.05, 0.1) is 16.3 Å². The smallest absolute Gasteiger partial charge is 0.257 e. The molecule has 0 saturated carbocycles. The van der Waals surface area contributed by atoms with Gasteiger partial charge >= 0.3 is 0 Å². The molecule has 0 unspecified atom stereocenters. The summed E-state index contributed by atoms with van der Waals surface area (Å²) in [6.45, 7) is 1.98. The molecule has 20 heavy (non-hydrogen) atoms. The van der Waals surface area contributed by atoms with Crippen molar-refractivity contribution in [3.8, 4) is 0 Å². The van der Waals surface area contributed by atoms with Gasteiger partial charge in [0.2, 0.25) is 0 Å². The summed E-state index contributed by atoms with van der Waals surface area (Å²) in [5, 5.41) is 3.26. The Balaban J connectivity index is 2.35. The molecule has 0 aliphatic heterocycles. The van der Waals surface area contributed by atoms with Crippen LogP contribution in [0.2, 0.25) is 5.02 Å². The van der Waals surface area contributed by atoms with E-state index < -0.39 is 0 Å². The molecule has 0 radical (unpaired) electrons.